The summed E-state index contributed by atoms with van der Waals surface area (Å²) in [6.45, 7) is 0.505. The molecular weight excluding hydrogens is 376 g/mol. The second kappa shape index (κ2) is 6.62. The lowest BCUT2D eigenvalue weighted by molar-refractivity contribution is -0.136. The minimum absolute atomic E-state index is 0.197. The number of hydrogen-bond acceptors (Lipinski definition) is 7. The fraction of sp³-hybridized carbons (Fsp3) is 0.318. The van der Waals surface area contributed by atoms with Crippen molar-refractivity contribution in [3.05, 3.63) is 52.1 Å². The zero-order valence-corrected chi connectivity index (χ0v) is 16.4. The Hall–Kier alpha value is -3.35. The summed E-state index contributed by atoms with van der Waals surface area (Å²) in [5, 5.41) is 0. The highest BCUT2D eigenvalue weighted by Crippen LogP contribution is 2.50. The highest BCUT2D eigenvalue weighted by Gasteiger charge is 2.40. The number of carbonyl (C=O) groups excluding carboxylic acids is 1. The Balaban J connectivity index is 1.74. The zero-order valence-electron chi connectivity index (χ0n) is 16.4. The number of carbonyl (C=O) groups is 1. The number of hydrogen-bond donors (Lipinski definition) is 0. The van der Waals surface area contributed by atoms with E-state index in [-0.39, 0.29) is 18.7 Å². The van der Waals surface area contributed by atoms with Crippen LogP contribution in [0.3, 0.4) is 0 Å². The maximum atomic E-state index is 12.6. The lowest BCUT2D eigenvalue weighted by Gasteiger charge is -2.27. The number of fused-ring (bicyclic) bond motifs is 2. The summed E-state index contributed by atoms with van der Waals surface area (Å²) in [4.78, 5) is 12.6. The van der Waals surface area contributed by atoms with Crippen molar-refractivity contribution in [2.24, 2.45) is 0 Å². The van der Waals surface area contributed by atoms with Gasteiger partial charge in [0.2, 0.25) is 12.5 Å². The van der Waals surface area contributed by atoms with Crippen molar-refractivity contribution in [2.75, 3.05) is 34.7 Å². The third kappa shape index (κ3) is 2.61. The highest BCUT2D eigenvalue weighted by molar-refractivity contribution is 5.95. The number of cyclic esters (lactones) is 1. The van der Waals surface area contributed by atoms with Crippen molar-refractivity contribution in [1.82, 2.24) is 0 Å². The van der Waals surface area contributed by atoms with E-state index in [9.17, 15) is 4.79 Å². The summed E-state index contributed by atoms with van der Waals surface area (Å²) >= 11 is 0. The van der Waals surface area contributed by atoms with Gasteiger partial charge < -0.3 is 28.4 Å². The molecule has 7 nitrogen and oxygen atoms in total. The first-order valence-corrected chi connectivity index (χ1v) is 9.26. The van der Waals surface area contributed by atoms with E-state index in [1.165, 1.54) is 0 Å². The van der Waals surface area contributed by atoms with Gasteiger partial charge in [-0.05, 0) is 52.9 Å². The third-order valence-corrected chi connectivity index (χ3v) is 5.64. The van der Waals surface area contributed by atoms with Gasteiger partial charge in [0.05, 0.1) is 26.9 Å². The van der Waals surface area contributed by atoms with Gasteiger partial charge in [0.1, 0.15) is 6.61 Å². The van der Waals surface area contributed by atoms with E-state index < -0.39 is 0 Å². The van der Waals surface area contributed by atoms with Crippen molar-refractivity contribution in [3.8, 4) is 28.7 Å². The molecule has 0 saturated heterocycles. The maximum Gasteiger partial charge on any atom is 0.335 e. The van der Waals surface area contributed by atoms with Crippen LogP contribution in [-0.2, 0) is 16.0 Å². The molecule has 29 heavy (non-hydrogen) atoms. The molecule has 0 aromatic heterocycles. The van der Waals surface area contributed by atoms with Gasteiger partial charge >= 0.3 is 5.97 Å². The molecule has 5 rings (SSSR count). The van der Waals surface area contributed by atoms with Crippen LogP contribution in [-0.4, -0.2) is 40.7 Å². The molecular formula is C22H20O7. The predicted molar refractivity (Wildman–Crippen MR) is 102 cm³/mol. The van der Waals surface area contributed by atoms with Crippen molar-refractivity contribution in [1.29, 1.82) is 0 Å². The van der Waals surface area contributed by atoms with Crippen LogP contribution in [0.15, 0.2) is 35.4 Å². The Labute approximate surface area is 167 Å². The Kier molecular flexibility index (Phi) is 4.04. The molecule has 2 aliphatic heterocycles. The van der Waals surface area contributed by atoms with Gasteiger partial charge in [-0.25, -0.2) is 4.79 Å². The van der Waals surface area contributed by atoms with Crippen LogP contribution < -0.4 is 23.7 Å². The van der Waals surface area contributed by atoms with E-state index >= 15 is 0 Å². The first-order chi connectivity index (χ1) is 14.1. The standard InChI is InChI=1S/C22H20O7/c1-24-17-6-12(7-18(25-2)21(17)26-3)19-14-8-16-15(28-10-29-16)5-11(14)4-13-9-27-22(23)20(13)19/h5-8,19H,4,9-10H2,1-3H3/t19-/m0/s1. The average Bonchev–Trinajstić information content (AvgIpc) is 3.35. The largest absolute Gasteiger partial charge is 0.493 e. The average molecular weight is 396 g/mol. The van der Waals surface area contributed by atoms with Crippen LogP contribution in [0.2, 0.25) is 0 Å². The van der Waals surface area contributed by atoms with E-state index in [0.717, 1.165) is 28.0 Å². The van der Waals surface area contributed by atoms with Crippen molar-refractivity contribution < 1.29 is 33.2 Å². The lowest BCUT2D eigenvalue weighted by atomic mass is 9.75. The minimum atomic E-state index is -0.327. The van der Waals surface area contributed by atoms with Gasteiger partial charge in [0.25, 0.3) is 0 Å². The fourth-order valence-corrected chi connectivity index (χ4v) is 4.34. The molecule has 7 heteroatoms. The van der Waals surface area contributed by atoms with Crippen LogP contribution in [0.4, 0.5) is 0 Å². The third-order valence-electron chi connectivity index (χ3n) is 5.64. The smallest absolute Gasteiger partial charge is 0.335 e. The van der Waals surface area contributed by atoms with Gasteiger partial charge in [0, 0.05) is 5.92 Å². The maximum absolute atomic E-state index is 12.6. The molecule has 0 radical (unpaired) electrons. The number of ether oxygens (including phenoxy) is 6. The summed E-state index contributed by atoms with van der Waals surface area (Å²) in [6.07, 6.45) is 0.647. The normalized spacial score (nSPS) is 18.9. The van der Waals surface area contributed by atoms with Crippen LogP contribution in [0.25, 0.3) is 0 Å². The Morgan fingerprint density at radius 1 is 0.897 bits per heavy atom. The second-order valence-corrected chi connectivity index (χ2v) is 7.07. The molecule has 0 N–H and O–H groups in total. The Morgan fingerprint density at radius 2 is 1.59 bits per heavy atom. The van der Waals surface area contributed by atoms with E-state index in [1.807, 2.05) is 24.3 Å². The monoisotopic (exact) mass is 396 g/mol. The van der Waals surface area contributed by atoms with E-state index in [2.05, 4.69) is 0 Å². The van der Waals surface area contributed by atoms with Crippen LogP contribution in [0.1, 0.15) is 22.6 Å². The molecule has 0 amide bonds. The van der Waals surface area contributed by atoms with E-state index in [4.69, 9.17) is 28.4 Å². The van der Waals surface area contributed by atoms with Crippen molar-refractivity contribution in [3.63, 3.8) is 0 Å². The predicted octanol–water partition coefficient (Wildman–Crippen LogP) is 2.98. The van der Waals surface area contributed by atoms with Gasteiger partial charge in [-0.15, -0.1) is 0 Å². The first kappa shape index (κ1) is 17.7. The molecule has 2 aromatic rings. The van der Waals surface area contributed by atoms with Gasteiger partial charge in [-0.3, -0.25) is 0 Å². The Bertz CT molecular complexity index is 1030. The van der Waals surface area contributed by atoms with Crippen LogP contribution in [0.5, 0.6) is 28.7 Å². The van der Waals surface area contributed by atoms with Gasteiger partial charge in [-0.1, -0.05) is 0 Å². The molecule has 1 atom stereocenters. The van der Waals surface area contributed by atoms with Gasteiger partial charge in [-0.2, -0.15) is 0 Å². The molecule has 0 unspecified atom stereocenters. The fourth-order valence-electron chi connectivity index (χ4n) is 4.34. The number of benzene rings is 2. The molecule has 3 aliphatic rings. The van der Waals surface area contributed by atoms with Crippen molar-refractivity contribution >= 4 is 5.97 Å². The zero-order chi connectivity index (χ0) is 20.1. The molecule has 2 aromatic carbocycles. The molecule has 150 valence electrons. The molecule has 0 saturated carbocycles. The molecule has 0 fully saturated rings. The first-order valence-electron chi connectivity index (χ1n) is 9.26. The topological polar surface area (TPSA) is 72.5 Å². The summed E-state index contributed by atoms with van der Waals surface area (Å²) in [5.41, 5.74) is 4.59. The molecule has 1 aliphatic carbocycles. The minimum Gasteiger partial charge on any atom is -0.493 e. The highest BCUT2D eigenvalue weighted by atomic mass is 16.7. The summed E-state index contributed by atoms with van der Waals surface area (Å²) in [6, 6.07) is 7.71. The summed E-state index contributed by atoms with van der Waals surface area (Å²) in [7, 11) is 4.70. The number of esters is 1. The number of rotatable bonds is 4. The molecule has 0 spiro atoms. The van der Waals surface area contributed by atoms with Crippen LogP contribution in [0, 0.1) is 0 Å². The lowest BCUT2D eigenvalue weighted by Crippen LogP contribution is -2.18. The molecule has 2 heterocycles. The van der Waals surface area contributed by atoms with E-state index in [0.29, 0.717) is 41.6 Å². The van der Waals surface area contributed by atoms with Gasteiger partial charge in [0.15, 0.2) is 23.0 Å². The summed E-state index contributed by atoms with van der Waals surface area (Å²) in [5.74, 6) is 2.35. The second-order valence-electron chi connectivity index (χ2n) is 7.07. The summed E-state index contributed by atoms with van der Waals surface area (Å²) < 4.78 is 33.0. The van der Waals surface area contributed by atoms with Crippen LogP contribution >= 0.6 is 0 Å². The van der Waals surface area contributed by atoms with Crippen molar-refractivity contribution in [2.45, 2.75) is 12.3 Å². The Morgan fingerprint density at radius 3 is 2.24 bits per heavy atom. The quantitative estimate of drug-likeness (QED) is 0.736. The SMILES string of the molecule is COc1cc([C@@H]2C3=C(COC3=O)Cc3cc4c(cc32)OCO4)cc(OC)c1OC. The molecule has 0 bridgehead atoms. The number of methoxy groups -OCH3 is 3. The van der Waals surface area contributed by atoms with E-state index in [1.54, 1.807) is 21.3 Å².